The first-order chi connectivity index (χ1) is 8.65. The highest BCUT2D eigenvalue weighted by Gasteiger charge is 2.22. The van der Waals surface area contributed by atoms with E-state index in [1.54, 1.807) is 18.6 Å². The Hall–Kier alpha value is -1.31. The topological polar surface area (TPSA) is 81.7 Å². The Bertz CT molecular complexity index is 510. The number of hydrogen-bond donors (Lipinski definition) is 2. The average Bonchev–Trinajstić information content (AvgIpc) is 2.74. The molecule has 0 saturated heterocycles. The van der Waals surface area contributed by atoms with E-state index in [1.165, 1.54) is 6.33 Å². The minimum Gasteiger partial charge on any atom is -0.271 e. The molecule has 2 aromatic rings. The Balaban J connectivity index is 2.48. The molecule has 0 aliphatic heterocycles. The van der Waals surface area contributed by atoms with Crippen LogP contribution in [0.25, 0.3) is 0 Å². The van der Waals surface area contributed by atoms with Crippen LogP contribution in [0.5, 0.6) is 0 Å². The molecule has 1 atom stereocenters. The fourth-order valence-electron chi connectivity index (χ4n) is 1.83. The highest BCUT2D eigenvalue weighted by molar-refractivity contribution is 9.10. The van der Waals surface area contributed by atoms with Gasteiger partial charge in [-0.3, -0.25) is 10.5 Å². The molecule has 7 heteroatoms. The summed E-state index contributed by atoms with van der Waals surface area (Å²) in [5.41, 5.74) is 4.64. The van der Waals surface area contributed by atoms with E-state index in [2.05, 4.69) is 50.3 Å². The molecule has 0 aliphatic carbocycles. The van der Waals surface area contributed by atoms with E-state index < -0.39 is 0 Å². The van der Waals surface area contributed by atoms with Crippen LogP contribution in [0.2, 0.25) is 0 Å². The molecular formula is C11H15BrN6. The normalized spacial score (nSPS) is 12.9. The lowest BCUT2D eigenvalue weighted by Crippen LogP contribution is -2.31. The van der Waals surface area contributed by atoms with Crippen molar-refractivity contribution in [3.63, 3.8) is 0 Å². The smallest absolute Gasteiger partial charge is 0.115 e. The number of aromatic nitrogens is 4. The van der Waals surface area contributed by atoms with Gasteiger partial charge in [-0.05, 0) is 29.8 Å². The molecule has 0 amide bonds. The lowest BCUT2D eigenvalue weighted by Gasteiger charge is -2.20. The maximum atomic E-state index is 5.67. The van der Waals surface area contributed by atoms with Gasteiger partial charge < -0.3 is 0 Å². The van der Waals surface area contributed by atoms with Crippen LogP contribution in [-0.2, 0) is 0 Å². The molecule has 2 heterocycles. The Kier molecular flexibility index (Phi) is 4.05. The number of nitrogens with zero attached hydrogens (tertiary/aromatic N) is 4. The van der Waals surface area contributed by atoms with Gasteiger partial charge in [-0.25, -0.2) is 15.4 Å². The number of halogens is 1. The van der Waals surface area contributed by atoms with E-state index in [4.69, 9.17) is 5.84 Å². The number of nitrogens with two attached hydrogens (primary N) is 1. The lowest BCUT2D eigenvalue weighted by atomic mass is 10.1. The van der Waals surface area contributed by atoms with Crippen LogP contribution in [-0.4, -0.2) is 19.7 Å². The Labute approximate surface area is 114 Å². The van der Waals surface area contributed by atoms with E-state index in [0.717, 1.165) is 15.7 Å². The summed E-state index contributed by atoms with van der Waals surface area (Å²) in [4.78, 5) is 8.03. The van der Waals surface area contributed by atoms with Gasteiger partial charge >= 0.3 is 0 Å². The third-order valence-electron chi connectivity index (χ3n) is 2.63. The largest absolute Gasteiger partial charge is 0.271 e. The van der Waals surface area contributed by atoms with Crippen molar-refractivity contribution in [3.05, 3.63) is 40.6 Å². The summed E-state index contributed by atoms with van der Waals surface area (Å²) in [6.07, 6.45) is 6.73. The first-order valence-corrected chi connectivity index (χ1v) is 6.38. The maximum absolute atomic E-state index is 5.67. The van der Waals surface area contributed by atoms with Crippen LogP contribution >= 0.6 is 15.9 Å². The van der Waals surface area contributed by atoms with Gasteiger partial charge in [0.25, 0.3) is 0 Å². The third kappa shape index (κ3) is 2.43. The second-order valence-electron chi connectivity index (χ2n) is 4.19. The van der Waals surface area contributed by atoms with Gasteiger partial charge in [0.2, 0.25) is 0 Å². The summed E-state index contributed by atoms with van der Waals surface area (Å²) in [6.45, 7) is 4.13. The van der Waals surface area contributed by atoms with E-state index in [9.17, 15) is 0 Å². The maximum Gasteiger partial charge on any atom is 0.115 e. The van der Waals surface area contributed by atoms with E-state index in [-0.39, 0.29) is 12.1 Å². The van der Waals surface area contributed by atoms with Gasteiger partial charge in [0.1, 0.15) is 6.33 Å². The minimum absolute atomic E-state index is 0.203. The SMILES string of the molecule is CC(C)n1ncc(Br)c1C(NN)c1cncnc1. The molecule has 0 spiro atoms. The molecule has 0 saturated carbocycles. The van der Waals surface area contributed by atoms with Gasteiger partial charge in [-0.1, -0.05) is 0 Å². The van der Waals surface area contributed by atoms with Crippen molar-refractivity contribution in [2.24, 2.45) is 5.84 Å². The molecule has 0 fully saturated rings. The number of hydrazine groups is 1. The van der Waals surface area contributed by atoms with Crippen LogP contribution in [0.3, 0.4) is 0 Å². The van der Waals surface area contributed by atoms with Crippen molar-refractivity contribution in [2.45, 2.75) is 25.9 Å². The molecule has 96 valence electrons. The van der Waals surface area contributed by atoms with Crippen molar-refractivity contribution in [1.82, 2.24) is 25.2 Å². The first kappa shape index (κ1) is 13.1. The fraction of sp³-hybridized carbons (Fsp3) is 0.364. The van der Waals surface area contributed by atoms with Crippen LogP contribution in [0, 0.1) is 0 Å². The van der Waals surface area contributed by atoms with E-state index in [1.807, 2.05) is 4.68 Å². The van der Waals surface area contributed by atoms with Gasteiger partial charge in [0.15, 0.2) is 0 Å². The first-order valence-electron chi connectivity index (χ1n) is 5.59. The third-order valence-corrected chi connectivity index (χ3v) is 3.24. The minimum atomic E-state index is -0.203. The van der Waals surface area contributed by atoms with Crippen molar-refractivity contribution in [1.29, 1.82) is 0 Å². The van der Waals surface area contributed by atoms with Crippen LogP contribution in [0.15, 0.2) is 29.4 Å². The quantitative estimate of drug-likeness (QED) is 0.661. The standard InChI is InChI=1S/C11H15BrN6/c1-7(2)18-11(9(12)5-16-18)10(17-13)8-3-14-6-15-4-8/h3-7,10,17H,13H2,1-2H3. The predicted octanol–water partition coefficient (Wildman–Crippen LogP) is 1.57. The Morgan fingerprint density at radius 2 is 1.94 bits per heavy atom. The van der Waals surface area contributed by atoms with Crippen LogP contribution in [0.1, 0.15) is 37.2 Å². The summed E-state index contributed by atoms with van der Waals surface area (Å²) in [5, 5.41) is 4.34. The fourth-order valence-corrected chi connectivity index (χ4v) is 2.33. The summed E-state index contributed by atoms with van der Waals surface area (Å²) >= 11 is 3.50. The zero-order chi connectivity index (χ0) is 13.1. The van der Waals surface area contributed by atoms with Gasteiger partial charge in [-0.15, -0.1) is 0 Å². The predicted molar refractivity (Wildman–Crippen MR) is 71.5 cm³/mol. The lowest BCUT2D eigenvalue weighted by molar-refractivity contribution is 0.474. The van der Waals surface area contributed by atoms with E-state index >= 15 is 0 Å². The number of hydrogen-bond acceptors (Lipinski definition) is 5. The summed E-state index contributed by atoms with van der Waals surface area (Å²) in [5.74, 6) is 5.67. The second-order valence-corrected chi connectivity index (χ2v) is 5.04. The van der Waals surface area contributed by atoms with Gasteiger partial charge in [0.05, 0.1) is 22.4 Å². The Morgan fingerprint density at radius 3 is 2.50 bits per heavy atom. The summed E-state index contributed by atoms with van der Waals surface area (Å²) < 4.78 is 2.82. The zero-order valence-electron chi connectivity index (χ0n) is 10.2. The molecule has 6 nitrogen and oxygen atoms in total. The molecule has 0 aliphatic rings. The highest BCUT2D eigenvalue weighted by Crippen LogP contribution is 2.29. The van der Waals surface area contributed by atoms with Gasteiger partial charge in [-0.2, -0.15) is 5.10 Å². The Morgan fingerprint density at radius 1 is 1.28 bits per heavy atom. The van der Waals surface area contributed by atoms with Crippen LogP contribution < -0.4 is 11.3 Å². The molecule has 2 aromatic heterocycles. The van der Waals surface area contributed by atoms with Crippen LogP contribution in [0.4, 0.5) is 0 Å². The highest BCUT2D eigenvalue weighted by atomic mass is 79.9. The monoisotopic (exact) mass is 310 g/mol. The molecule has 18 heavy (non-hydrogen) atoms. The van der Waals surface area contributed by atoms with Crippen molar-refractivity contribution < 1.29 is 0 Å². The molecule has 3 N–H and O–H groups in total. The molecular weight excluding hydrogens is 296 g/mol. The van der Waals surface area contributed by atoms with E-state index in [0.29, 0.717) is 0 Å². The summed E-state index contributed by atoms with van der Waals surface area (Å²) in [6, 6.07) is 0.0391. The molecule has 0 aromatic carbocycles. The van der Waals surface area contributed by atoms with Crippen molar-refractivity contribution >= 4 is 15.9 Å². The van der Waals surface area contributed by atoms with Crippen molar-refractivity contribution in [2.75, 3.05) is 0 Å². The molecule has 2 rings (SSSR count). The zero-order valence-corrected chi connectivity index (χ0v) is 11.8. The second kappa shape index (κ2) is 5.55. The molecule has 0 bridgehead atoms. The molecule has 0 radical (unpaired) electrons. The number of nitrogens with one attached hydrogen (secondary N) is 1. The number of rotatable bonds is 4. The van der Waals surface area contributed by atoms with Gasteiger partial charge in [0, 0.05) is 24.0 Å². The average molecular weight is 311 g/mol. The van der Waals surface area contributed by atoms with Crippen molar-refractivity contribution in [3.8, 4) is 0 Å². The summed E-state index contributed by atoms with van der Waals surface area (Å²) in [7, 11) is 0. The molecule has 1 unspecified atom stereocenters.